The average molecular weight is 423 g/mol. The average Bonchev–Trinajstić information content (AvgIpc) is 2.53. The molecule has 0 atom stereocenters. The minimum absolute atomic E-state index is 0. The van der Waals surface area contributed by atoms with Crippen molar-refractivity contribution < 1.29 is 9.59 Å². The summed E-state index contributed by atoms with van der Waals surface area (Å²) in [5, 5.41) is 0. The van der Waals surface area contributed by atoms with E-state index in [0.29, 0.717) is 16.7 Å². The number of benzene rings is 2. The van der Waals surface area contributed by atoms with Crippen molar-refractivity contribution in [3.8, 4) is 0 Å². The second-order valence-corrected chi connectivity index (χ2v) is 5.16. The van der Waals surface area contributed by atoms with Crippen molar-refractivity contribution in [1.29, 1.82) is 0 Å². The molecule has 0 aliphatic carbocycles. The van der Waals surface area contributed by atoms with Crippen LogP contribution in [0, 0.1) is 0 Å². The Bertz CT molecular complexity index is 649. The molecule has 2 rings (SSSR count). The lowest BCUT2D eigenvalue weighted by atomic mass is 9.97. The fourth-order valence-corrected chi connectivity index (χ4v) is 1.72. The monoisotopic (exact) mass is 423 g/mol. The van der Waals surface area contributed by atoms with Crippen LogP contribution in [0.25, 0.3) is 6.08 Å². The van der Waals surface area contributed by atoms with Crippen LogP contribution in [0.3, 0.4) is 0 Å². The van der Waals surface area contributed by atoms with Gasteiger partial charge in [-0.3, -0.25) is 9.59 Å². The number of hydrogen-bond donors (Lipinski definition) is 0. The van der Waals surface area contributed by atoms with Crippen molar-refractivity contribution in [2.45, 2.75) is 0 Å². The Hall–Kier alpha value is -1.79. The molecule has 2 aromatic carbocycles. The summed E-state index contributed by atoms with van der Waals surface area (Å²) in [6.07, 6.45) is 1.57. The van der Waals surface area contributed by atoms with Crippen LogP contribution in [0.4, 0.5) is 0 Å². The van der Waals surface area contributed by atoms with Gasteiger partial charge in [0.25, 0.3) is 0 Å². The van der Waals surface area contributed by atoms with Crippen molar-refractivity contribution in [3.05, 3.63) is 77.9 Å². The molecule has 0 bridgehead atoms. The highest BCUT2D eigenvalue weighted by atomic mass is 127. The maximum Gasteiger partial charge on any atom is 0.234 e. The number of carbonyl (C=O) groups is 2. The van der Waals surface area contributed by atoms with E-state index >= 15 is 0 Å². The topological polar surface area (TPSA) is 37.4 Å². The molecule has 0 saturated heterocycles. The molecule has 0 fully saturated rings. The third-order valence-corrected chi connectivity index (χ3v) is 2.67. The Balaban J connectivity index is 0.000000871. The van der Waals surface area contributed by atoms with Crippen LogP contribution < -0.4 is 0 Å². The van der Waals surface area contributed by atoms with Gasteiger partial charge in [-0.25, -0.2) is 0 Å². The van der Waals surface area contributed by atoms with E-state index in [1.807, 2.05) is 26.0 Å². The summed E-state index contributed by atoms with van der Waals surface area (Å²) in [7, 11) is 6.00. The molecule has 0 aromatic heterocycles. The standard InChI is InChI=1S/C16H12O2.C3H9N.HI/c1-2-12-8-6-7-11-14(12)16(18)15(17)13-9-4-3-5-10-13;1-4(2)3;/h2-11H,1H2;1-3H3;1H. The van der Waals surface area contributed by atoms with Crippen molar-refractivity contribution in [1.82, 2.24) is 4.90 Å². The van der Waals surface area contributed by atoms with E-state index in [9.17, 15) is 9.59 Å². The second-order valence-electron chi connectivity index (χ2n) is 5.16. The lowest BCUT2D eigenvalue weighted by Gasteiger charge is -2.04. The van der Waals surface area contributed by atoms with Gasteiger partial charge in [0.15, 0.2) is 0 Å². The van der Waals surface area contributed by atoms with Crippen molar-refractivity contribution >= 4 is 41.6 Å². The first-order valence-corrected chi connectivity index (χ1v) is 6.93. The molecule has 2 aromatic rings. The van der Waals surface area contributed by atoms with Gasteiger partial charge >= 0.3 is 0 Å². The molecule has 0 heterocycles. The third-order valence-electron chi connectivity index (χ3n) is 2.67. The largest absolute Gasteiger partial charge is 0.312 e. The minimum Gasteiger partial charge on any atom is -0.312 e. The molecule has 0 amide bonds. The Kier molecular flexibility index (Phi) is 10.0. The highest BCUT2D eigenvalue weighted by Gasteiger charge is 2.19. The fraction of sp³-hybridized carbons (Fsp3) is 0.158. The van der Waals surface area contributed by atoms with Crippen molar-refractivity contribution in [3.63, 3.8) is 0 Å². The summed E-state index contributed by atoms with van der Waals surface area (Å²) < 4.78 is 0. The zero-order valence-electron chi connectivity index (χ0n) is 13.7. The molecule has 0 N–H and O–H groups in total. The van der Waals surface area contributed by atoms with Gasteiger partial charge in [0.2, 0.25) is 11.6 Å². The smallest absolute Gasteiger partial charge is 0.234 e. The summed E-state index contributed by atoms with van der Waals surface area (Å²) in [6.45, 7) is 3.64. The molecule has 0 unspecified atom stereocenters. The van der Waals surface area contributed by atoms with Gasteiger partial charge in [0, 0.05) is 11.1 Å². The number of Topliss-reactive ketones (excluding diaryl/α,β-unsaturated/α-hetero) is 2. The molecular weight excluding hydrogens is 401 g/mol. The van der Waals surface area contributed by atoms with Crippen LogP contribution in [-0.4, -0.2) is 37.6 Å². The van der Waals surface area contributed by atoms with Crippen LogP contribution in [-0.2, 0) is 0 Å². The van der Waals surface area contributed by atoms with Crippen molar-refractivity contribution in [2.75, 3.05) is 21.1 Å². The van der Waals surface area contributed by atoms with E-state index in [0.717, 1.165) is 0 Å². The quantitative estimate of drug-likeness (QED) is 0.421. The summed E-state index contributed by atoms with van der Waals surface area (Å²) in [4.78, 5) is 26.2. The van der Waals surface area contributed by atoms with Crippen LogP contribution in [0.15, 0.2) is 61.2 Å². The van der Waals surface area contributed by atoms with Gasteiger partial charge in [-0.1, -0.05) is 67.3 Å². The van der Waals surface area contributed by atoms with Crippen LogP contribution in [0.5, 0.6) is 0 Å². The molecule has 122 valence electrons. The number of carbonyl (C=O) groups excluding carboxylic acids is 2. The third kappa shape index (κ3) is 6.88. The number of ketones is 2. The molecule has 0 radical (unpaired) electrons. The molecule has 23 heavy (non-hydrogen) atoms. The number of nitrogens with zero attached hydrogens (tertiary/aromatic N) is 1. The first-order chi connectivity index (χ1) is 10.5. The van der Waals surface area contributed by atoms with E-state index in [2.05, 4.69) is 6.58 Å². The van der Waals surface area contributed by atoms with E-state index in [1.165, 1.54) is 0 Å². The number of rotatable bonds is 4. The zero-order valence-corrected chi connectivity index (χ0v) is 16.0. The molecule has 0 aliphatic heterocycles. The van der Waals surface area contributed by atoms with E-state index in [-0.39, 0.29) is 24.0 Å². The van der Waals surface area contributed by atoms with Gasteiger partial charge in [-0.15, -0.1) is 24.0 Å². The molecule has 3 nitrogen and oxygen atoms in total. The lowest BCUT2D eigenvalue weighted by molar-refractivity contribution is 0.0817. The van der Waals surface area contributed by atoms with Gasteiger partial charge in [-0.2, -0.15) is 0 Å². The van der Waals surface area contributed by atoms with E-state index < -0.39 is 11.6 Å². The Morgan fingerprint density at radius 1 is 0.870 bits per heavy atom. The van der Waals surface area contributed by atoms with Crippen LogP contribution in [0.1, 0.15) is 26.3 Å². The predicted octanol–water partition coefficient (Wildman–Crippen LogP) is 4.19. The highest BCUT2D eigenvalue weighted by molar-refractivity contribution is 14.0. The van der Waals surface area contributed by atoms with Crippen LogP contribution in [0.2, 0.25) is 0 Å². The van der Waals surface area contributed by atoms with Crippen molar-refractivity contribution in [2.24, 2.45) is 0 Å². The molecular formula is C19H22INO2. The fourth-order valence-electron chi connectivity index (χ4n) is 1.72. The molecule has 0 spiro atoms. The second kappa shape index (κ2) is 10.9. The maximum atomic E-state index is 12.1. The Labute approximate surface area is 155 Å². The molecule has 0 aliphatic rings. The summed E-state index contributed by atoms with van der Waals surface area (Å²) in [6, 6.07) is 15.5. The first kappa shape index (κ1) is 21.2. The Morgan fingerprint density at radius 3 is 1.87 bits per heavy atom. The zero-order chi connectivity index (χ0) is 16.5. The number of halogens is 1. The van der Waals surface area contributed by atoms with E-state index in [4.69, 9.17) is 0 Å². The van der Waals surface area contributed by atoms with Gasteiger partial charge in [0.05, 0.1) is 0 Å². The minimum atomic E-state index is -0.503. The normalized spacial score (nSPS) is 9.22. The molecule has 4 heteroatoms. The summed E-state index contributed by atoms with van der Waals surface area (Å²) in [5.74, 6) is -0.999. The maximum absolute atomic E-state index is 12.1. The SMILES string of the molecule is C=Cc1ccccc1C(=O)C(=O)c1ccccc1.CN(C)C.I. The Morgan fingerprint density at radius 2 is 1.35 bits per heavy atom. The first-order valence-electron chi connectivity index (χ1n) is 6.93. The predicted molar refractivity (Wildman–Crippen MR) is 107 cm³/mol. The molecule has 0 saturated carbocycles. The summed E-state index contributed by atoms with van der Waals surface area (Å²) >= 11 is 0. The highest BCUT2D eigenvalue weighted by Crippen LogP contribution is 2.13. The van der Waals surface area contributed by atoms with Crippen LogP contribution >= 0.6 is 24.0 Å². The van der Waals surface area contributed by atoms with Gasteiger partial charge < -0.3 is 4.90 Å². The summed E-state index contributed by atoms with van der Waals surface area (Å²) in [5.41, 5.74) is 1.47. The van der Waals surface area contributed by atoms with Gasteiger partial charge in [-0.05, 0) is 26.7 Å². The van der Waals surface area contributed by atoms with Gasteiger partial charge in [0.1, 0.15) is 0 Å². The van der Waals surface area contributed by atoms with E-state index in [1.54, 1.807) is 60.7 Å². The number of hydrogen-bond acceptors (Lipinski definition) is 3. The lowest BCUT2D eigenvalue weighted by Crippen LogP contribution is -2.15.